The van der Waals surface area contributed by atoms with Gasteiger partial charge in [-0.05, 0) is 0 Å². The van der Waals surface area contributed by atoms with E-state index in [-0.39, 0.29) is 0 Å². The van der Waals surface area contributed by atoms with Gasteiger partial charge in [-0.15, -0.1) is 0 Å². The van der Waals surface area contributed by atoms with Gasteiger partial charge < -0.3 is 0 Å². The van der Waals surface area contributed by atoms with Crippen LogP contribution >= 0.6 is 0 Å². The molecule has 0 spiro atoms. The van der Waals surface area contributed by atoms with Crippen molar-refractivity contribution in [3.05, 3.63) is 0 Å². The maximum atomic E-state index is 5.41. The molecule has 0 bridgehead atoms. The minimum atomic E-state index is -0.808. The molecule has 0 atom stereocenters. The molecular weight excluding hydrogens is 227 g/mol. The molecule has 0 saturated carbocycles. The molecule has 1 nitrogen and oxygen atoms in total. The Hall–Kier alpha value is 1.15. The predicted molar refractivity (Wildman–Crippen MR) is 31.3 cm³/mol. The predicted octanol–water partition coefficient (Wildman–Crippen LogP) is 2.24. The number of rotatable bonds is 2. The second-order valence-electron chi connectivity index (χ2n) is 2.94. The maximum absolute atomic E-state index is 5.41. The van der Waals surface area contributed by atoms with Crippen molar-refractivity contribution < 1.29 is 34.1 Å². The molecular formula is C6H14LaO. The van der Waals surface area contributed by atoms with E-state index in [0.717, 1.165) is 6.61 Å². The van der Waals surface area contributed by atoms with Gasteiger partial charge in [0.25, 0.3) is 0 Å². The summed E-state index contributed by atoms with van der Waals surface area (Å²) in [6.45, 7) is 9.78. The molecule has 0 amide bonds. The molecule has 0 aromatic carbocycles. The zero-order valence-corrected chi connectivity index (χ0v) is 9.82. The van der Waals surface area contributed by atoms with Crippen molar-refractivity contribution in [1.29, 1.82) is 0 Å². The van der Waals surface area contributed by atoms with Gasteiger partial charge in [-0.2, -0.15) is 0 Å². The average Bonchev–Trinajstić information content (AvgIpc) is 1.59. The third-order valence-electron chi connectivity index (χ3n) is 0.604. The Morgan fingerprint density at radius 3 is 2.00 bits per heavy atom. The molecule has 0 aliphatic carbocycles. The van der Waals surface area contributed by atoms with E-state index in [4.69, 9.17) is 1.70 Å². The van der Waals surface area contributed by atoms with Gasteiger partial charge in [-0.3, -0.25) is 0 Å². The average molecular weight is 241 g/mol. The van der Waals surface area contributed by atoms with E-state index >= 15 is 0 Å². The van der Waals surface area contributed by atoms with Crippen LogP contribution in [0.3, 0.4) is 0 Å². The summed E-state index contributed by atoms with van der Waals surface area (Å²) in [5.74, 6) is 0. The summed E-state index contributed by atoms with van der Waals surface area (Å²) in [4.78, 5) is 0. The van der Waals surface area contributed by atoms with Crippen LogP contribution in [0.2, 0.25) is 1.82 Å². The normalized spacial score (nSPS) is 11.0. The first-order valence-corrected chi connectivity index (χ1v) is 6.31. The molecule has 0 saturated heterocycles. The Labute approximate surface area is 69.8 Å². The van der Waals surface area contributed by atoms with E-state index in [0.29, 0.717) is 1.82 Å². The molecule has 0 aromatic rings. The summed E-state index contributed by atoms with van der Waals surface area (Å²) < 4.78 is 5.94. The van der Waals surface area contributed by atoms with Gasteiger partial charge in [-0.25, -0.2) is 0 Å². The van der Waals surface area contributed by atoms with Gasteiger partial charge in [0.2, 0.25) is 0 Å². The summed E-state index contributed by atoms with van der Waals surface area (Å²) in [5.41, 5.74) is 0. The van der Waals surface area contributed by atoms with E-state index in [1.54, 1.807) is 0 Å². The van der Waals surface area contributed by atoms with Crippen molar-refractivity contribution in [1.82, 2.24) is 0 Å². The molecule has 2 heteroatoms. The van der Waals surface area contributed by atoms with Gasteiger partial charge in [0.05, 0.1) is 0 Å². The molecule has 8 heavy (non-hydrogen) atoms. The van der Waals surface area contributed by atoms with Crippen LogP contribution in [-0.4, -0.2) is 6.61 Å². The van der Waals surface area contributed by atoms with Gasteiger partial charge in [0.1, 0.15) is 0 Å². The van der Waals surface area contributed by atoms with Crippen LogP contribution < -0.4 is 0 Å². The number of hydrogen-bond acceptors (Lipinski definition) is 1. The van der Waals surface area contributed by atoms with Crippen molar-refractivity contribution >= 4 is 0 Å². The molecule has 0 aromatic heterocycles. The molecule has 0 aliphatic rings. The van der Waals surface area contributed by atoms with Crippen LogP contribution in [0.25, 0.3) is 0 Å². The summed E-state index contributed by atoms with van der Waals surface area (Å²) in [5, 5.41) is 0. The van der Waals surface area contributed by atoms with Crippen molar-refractivity contribution in [2.24, 2.45) is 0 Å². The molecule has 47 valence electrons. The molecule has 0 rings (SSSR count). The third kappa shape index (κ3) is 7.15. The van der Waals surface area contributed by atoms with Crippen LogP contribution in [0, 0.1) is 32.4 Å². The van der Waals surface area contributed by atoms with Crippen LogP contribution in [0.4, 0.5) is 0 Å². The molecule has 0 heterocycles. The second kappa shape index (κ2) is 4.05. The van der Waals surface area contributed by atoms with Crippen LogP contribution in [0.1, 0.15) is 27.7 Å². The topological polar surface area (TPSA) is 9.23 Å². The monoisotopic (exact) mass is 241 g/mol. The van der Waals surface area contributed by atoms with Gasteiger partial charge in [-0.1, -0.05) is 0 Å². The van der Waals surface area contributed by atoms with Crippen molar-refractivity contribution in [3.63, 3.8) is 0 Å². The first-order chi connectivity index (χ1) is 3.56. The van der Waals surface area contributed by atoms with E-state index in [2.05, 4.69) is 27.7 Å². The molecule has 0 N–H and O–H groups in total. The molecule has 0 aliphatic heterocycles. The zero-order valence-electron chi connectivity index (χ0n) is 6.19. The van der Waals surface area contributed by atoms with Crippen LogP contribution in [-0.2, 0) is 1.70 Å². The third-order valence-corrected chi connectivity index (χ3v) is 4.39. The van der Waals surface area contributed by atoms with E-state index in [1.807, 2.05) is 0 Å². The first kappa shape index (κ1) is 9.15. The Bertz CT molecular complexity index is 56.0. The van der Waals surface area contributed by atoms with Crippen LogP contribution in [0.5, 0.6) is 0 Å². The second-order valence-corrected chi connectivity index (χ2v) is 10.2. The summed E-state index contributed by atoms with van der Waals surface area (Å²) in [7, 11) is 0. The Kier molecular flexibility index (Phi) is 4.63. The fraction of sp³-hybridized carbons (Fsp3) is 1.00. The van der Waals surface area contributed by atoms with E-state index < -0.39 is 32.4 Å². The van der Waals surface area contributed by atoms with E-state index in [1.165, 1.54) is 0 Å². The van der Waals surface area contributed by atoms with E-state index in [9.17, 15) is 0 Å². The SMILES string of the molecule is CC[O][La][C](C)(C)C. The Morgan fingerprint density at radius 2 is 1.88 bits per heavy atom. The van der Waals surface area contributed by atoms with Crippen molar-refractivity contribution in [2.75, 3.05) is 6.61 Å². The van der Waals surface area contributed by atoms with Gasteiger partial charge in [0.15, 0.2) is 0 Å². The molecule has 0 unspecified atom stereocenters. The first-order valence-electron chi connectivity index (χ1n) is 3.02. The van der Waals surface area contributed by atoms with Crippen molar-refractivity contribution in [3.8, 4) is 0 Å². The molecule has 0 fully saturated rings. The van der Waals surface area contributed by atoms with Gasteiger partial charge in [0, 0.05) is 0 Å². The Balaban J connectivity index is 3.11. The van der Waals surface area contributed by atoms with Gasteiger partial charge >= 0.3 is 70.2 Å². The zero-order chi connectivity index (χ0) is 6.62. The number of hydrogen-bond donors (Lipinski definition) is 0. The fourth-order valence-corrected chi connectivity index (χ4v) is 2.43. The summed E-state index contributed by atoms with van der Waals surface area (Å²) in [6.07, 6.45) is 0. The minimum absolute atomic E-state index is 0.538. The summed E-state index contributed by atoms with van der Waals surface area (Å²) >= 11 is -0.808. The quantitative estimate of drug-likeness (QED) is 0.720. The van der Waals surface area contributed by atoms with Crippen molar-refractivity contribution in [2.45, 2.75) is 29.5 Å². The molecule has 0 radical (unpaired) electrons. The summed E-state index contributed by atoms with van der Waals surface area (Å²) in [6, 6.07) is 0. The Morgan fingerprint density at radius 1 is 1.38 bits per heavy atom. The standard InChI is InChI=1S/C4H9.C2H5O.La/c1-4(2)3;1-2-3;/h1-3H3;2H2,1H3;/q;-1;+1. The fourth-order valence-electron chi connectivity index (χ4n) is 0.333. The van der Waals surface area contributed by atoms with Crippen LogP contribution in [0.15, 0.2) is 0 Å².